The average Bonchev–Trinajstić information content (AvgIpc) is 2.61. The second kappa shape index (κ2) is 7.84. The third-order valence-electron chi connectivity index (χ3n) is 3.84. The monoisotopic (exact) mass is 380 g/mol. The number of carbonyl (C=O) groups is 1. The zero-order valence-corrected chi connectivity index (χ0v) is 15.9. The van der Waals surface area contributed by atoms with Gasteiger partial charge in [-0.3, -0.25) is 4.79 Å². The lowest BCUT2D eigenvalue weighted by atomic mass is 10.1. The maximum absolute atomic E-state index is 13.8. The molecule has 0 aliphatic carbocycles. The Bertz CT molecular complexity index is 913. The van der Waals surface area contributed by atoms with Crippen LogP contribution >= 0.6 is 0 Å². The van der Waals surface area contributed by atoms with Crippen molar-refractivity contribution < 1.29 is 22.3 Å². The summed E-state index contributed by atoms with van der Waals surface area (Å²) in [6.45, 7) is 0.171. The molecular formula is C18H21FN2O4S. The zero-order valence-electron chi connectivity index (χ0n) is 15.1. The van der Waals surface area contributed by atoms with Crippen LogP contribution in [0, 0.1) is 5.82 Å². The van der Waals surface area contributed by atoms with Crippen molar-refractivity contribution in [2.24, 2.45) is 0 Å². The molecule has 0 aliphatic heterocycles. The van der Waals surface area contributed by atoms with Crippen molar-refractivity contribution in [1.82, 2.24) is 9.21 Å². The smallest absolute Gasteiger partial charge is 0.253 e. The SMILES string of the molecule is COc1ccc(CN(C)C(=O)c2cccc(S(=O)(=O)N(C)C)c2)cc1F. The molecular weight excluding hydrogens is 359 g/mol. The molecule has 0 saturated carbocycles. The Kier molecular flexibility index (Phi) is 5.99. The minimum Gasteiger partial charge on any atom is -0.494 e. The van der Waals surface area contributed by atoms with Crippen molar-refractivity contribution in [3.8, 4) is 5.75 Å². The van der Waals surface area contributed by atoms with Gasteiger partial charge in [0.1, 0.15) is 0 Å². The lowest BCUT2D eigenvalue weighted by Crippen LogP contribution is -2.27. The second-order valence-corrected chi connectivity index (χ2v) is 8.10. The quantitative estimate of drug-likeness (QED) is 0.772. The molecule has 2 rings (SSSR count). The fourth-order valence-electron chi connectivity index (χ4n) is 2.37. The number of halogens is 1. The molecule has 0 aromatic heterocycles. The molecule has 0 spiro atoms. The van der Waals surface area contributed by atoms with Crippen LogP contribution in [-0.2, 0) is 16.6 Å². The zero-order chi connectivity index (χ0) is 19.5. The number of hydrogen-bond donors (Lipinski definition) is 0. The Labute approximate surface area is 152 Å². The Balaban J connectivity index is 2.22. The van der Waals surface area contributed by atoms with Gasteiger partial charge in [0.25, 0.3) is 5.91 Å². The molecule has 0 radical (unpaired) electrons. The number of amides is 1. The molecule has 0 N–H and O–H groups in total. The van der Waals surface area contributed by atoms with E-state index in [-0.39, 0.29) is 28.7 Å². The van der Waals surface area contributed by atoms with Crippen LogP contribution in [0.25, 0.3) is 0 Å². The molecule has 8 heteroatoms. The predicted molar refractivity (Wildman–Crippen MR) is 96.1 cm³/mol. The summed E-state index contributed by atoms with van der Waals surface area (Å²) in [5.41, 5.74) is 0.834. The first-order valence-electron chi connectivity index (χ1n) is 7.77. The summed E-state index contributed by atoms with van der Waals surface area (Å²) < 4.78 is 44.2. The Morgan fingerprint density at radius 1 is 1.12 bits per heavy atom. The highest BCUT2D eigenvalue weighted by molar-refractivity contribution is 7.89. The number of ether oxygens (including phenoxy) is 1. The number of benzene rings is 2. The molecule has 1 amide bonds. The van der Waals surface area contributed by atoms with Crippen LogP contribution in [0.5, 0.6) is 5.75 Å². The number of hydrogen-bond acceptors (Lipinski definition) is 4. The van der Waals surface area contributed by atoms with E-state index >= 15 is 0 Å². The molecule has 0 heterocycles. The first kappa shape index (κ1) is 19.9. The summed E-state index contributed by atoms with van der Waals surface area (Å²) in [6, 6.07) is 10.3. The van der Waals surface area contributed by atoms with Crippen molar-refractivity contribution in [2.45, 2.75) is 11.4 Å². The van der Waals surface area contributed by atoms with Crippen LogP contribution in [0.3, 0.4) is 0 Å². The minimum atomic E-state index is -3.63. The van der Waals surface area contributed by atoms with Gasteiger partial charge in [-0.15, -0.1) is 0 Å². The summed E-state index contributed by atoms with van der Waals surface area (Å²) in [4.78, 5) is 14.0. The highest BCUT2D eigenvalue weighted by atomic mass is 32.2. The van der Waals surface area contributed by atoms with E-state index in [1.54, 1.807) is 19.2 Å². The van der Waals surface area contributed by atoms with Crippen molar-refractivity contribution in [3.63, 3.8) is 0 Å². The third kappa shape index (κ3) is 4.20. The van der Waals surface area contributed by atoms with Crippen molar-refractivity contribution in [3.05, 3.63) is 59.4 Å². The second-order valence-electron chi connectivity index (χ2n) is 5.95. The summed E-state index contributed by atoms with van der Waals surface area (Å²) in [7, 11) is 2.16. The lowest BCUT2D eigenvalue weighted by molar-refractivity contribution is 0.0784. The molecule has 0 atom stereocenters. The van der Waals surface area contributed by atoms with Gasteiger partial charge < -0.3 is 9.64 Å². The molecule has 2 aromatic carbocycles. The van der Waals surface area contributed by atoms with Crippen LogP contribution in [0.4, 0.5) is 4.39 Å². The Hall–Kier alpha value is -2.45. The topological polar surface area (TPSA) is 66.9 Å². The van der Waals surface area contributed by atoms with Gasteiger partial charge >= 0.3 is 0 Å². The third-order valence-corrected chi connectivity index (χ3v) is 5.65. The molecule has 26 heavy (non-hydrogen) atoms. The maximum atomic E-state index is 13.8. The van der Waals surface area contributed by atoms with Crippen molar-refractivity contribution >= 4 is 15.9 Å². The van der Waals surface area contributed by atoms with E-state index in [9.17, 15) is 17.6 Å². The van der Waals surface area contributed by atoms with Gasteiger partial charge in [0, 0.05) is 33.3 Å². The molecule has 0 bridgehead atoms. The lowest BCUT2D eigenvalue weighted by Gasteiger charge is -2.18. The Morgan fingerprint density at radius 3 is 2.38 bits per heavy atom. The highest BCUT2D eigenvalue weighted by Gasteiger charge is 2.20. The highest BCUT2D eigenvalue weighted by Crippen LogP contribution is 2.20. The van der Waals surface area contributed by atoms with E-state index in [2.05, 4.69) is 0 Å². The molecule has 0 saturated heterocycles. The molecule has 0 aliphatic rings. The standard InChI is InChI=1S/C18H21FN2O4S/c1-20(2)26(23,24)15-7-5-6-14(11-15)18(22)21(3)12-13-8-9-17(25-4)16(19)10-13/h5-11H,12H2,1-4H3. The van der Waals surface area contributed by atoms with Gasteiger partial charge in [-0.2, -0.15) is 0 Å². The fourth-order valence-corrected chi connectivity index (χ4v) is 3.32. The largest absolute Gasteiger partial charge is 0.494 e. The summed E-state index contributed by atoms with van der Waals surface area (Å²) >= 11 is 0. The van der Waals surface area contributed by atoms with Gasteiger partial charge in [0.05, 0.1) is 12.0 Å². The average molecular weight is 380 g/mol. The number of carbonyl (C=O) groups excluding carboxylic acids is 1. The van der Waals surface area contributed by atoms with Crippen LogP contribution in [0.2, 0.25) is 0 Å². The van der Waals surface area contributed by atoms with Gasteiger partial charge in [0.2, 0.25) is 10.0 Å². The van der Waals surface area contributed by atoms with Crippen molar-refractivity contribution in [1.29, 1.82) is 0 Å². The van der Waals surface area contributed by atoms with Crippen LogP contribution in [0.1, 0.15) is 15.9 Å². The normalized spacial score (nSPS) is 11.5. The van der Waals surface area contributed by atoms with Gasteiger partial charge in [0.15, 0.2) is 11.6 Å². The molecule has 6 nitrogen and oxygen atoms in total. The first-order valence-corrected chi connectivity index (χ1v) is 9.21. The van der Waals surface area contributed by atoms with Gasteiger partial charge in [-0.1, -0.05) is 12.1 Å². The van der Waals surface area contributed by atoms with Gasteiger partial charge in [-0.05, 0) is 35.9 Å². The number of nitrogens with zero attached hydrogens (tertiary/aromatic N) is 2. The number of methoxy groups -OCH3 is 1. The molecule has 0 fully saturated rings. The minimum absolute atomic E-state index is 0.0391. The molecule has 0 unspecified atom stereocenters. The van der Waals surface area contributed by atoms with Gasteiger partial charge in [-0.25, -0.2) is 17.1 Å². The van der Waals surface area contributed by atoms with Crippen LogP contribution < -0.4 is 4.74 Å². The van der Waals surface area contributed by atoms with Crippen LogP contribution in [0.15, 0.2) is 47.4 Å². The van der Waals surface area contributed by atoms with E-state index in [1.165, 1.54) is 56.4 Å². The summed E-state index contributed by atoms with van der Waals surface area (Å²) in [6.07, 6.45) is 0. The summed E-state index contributed by atoms with van der Waals surface area (Å²) in [5, 5.41) is 0. The van der Waals surface area contributed by atoms with E-state index < -0.39 is 15.8 Å². The van der Waals surface area contributed by atoms with Crippen molar-refractivity contribution in [2.75, 3.05) is 28.3 Å². The molecule has 140 valence electrons. The summed E-state index contributed by atoms with van der Waals surface area (Å²) in [5.74, 6) is -0.744. The van der Waals surface area contributed by atoms with E-state index in [0.717, 1.165) is 4.31 Å². The first-order chi connectivity index (χ1) is 12.2. The molecule has 2 aromatic rings. The van der Waals surface area contributed by atoms with E-state index in [4.69, 9.17) is 4.74 Å². The van der Waals surface area contributed by atoms with E-state index in [1.807, 2.05) is 0 Å². The maximum Gasteiger partial charge on any atom is 0.253 e. The predicted octanol–water partition coefficient (Wildman–Crippen LogP) is 2.36. The fraction of sp³-hybridized carbons (Fsp3) is 0.278. The van der Waals surface area contributed by atoms with Crippen LogP contribution in [-0.4, -0.2) is 51.8 Å². The Morgan fingerprint density at radius 2 is 1.81 bits per heavy atom. The number of sulfonamides is 1. The number of rotatable bonds is 6. The van der Waals surface area contributed by atoms with E-state index in [0.29, 0.717) is 5.56 Å².